The van der Waals surface area contributed by atoms with Crippen molar-refractivity contribution in [1.82, 2.24) is 0 Å². The van der Waals surface area contributed by atoms with Crippen molar-refractivity contribution < 1.29 is 4.74 Å². The standard InChI is InChI=1S/C14H22N2O/c1-3-13-10-16(7-4-8-17-13)12-6-5-11(2)14(15)9-12/h5-6,9,13H,3-4,7-8,10,15H2,1-2H3. The Hall–Kier alpha value is -1.22. The molecule has 3 heteroatoms. The minimum atomic E-state index is 0.347. The van der Waals surface area contributed by atoms with Gasteiger partial charge in [0, 0.05) is 31.1 Å². The predicted molar refractivity (Wildman–Crippen MR) is 72.5 cm³/mol. The van der Waals surface area contributed by atoms with Gasteiger partial charge in [-0.2, -0.15) is 0 Å². The van der Waals surface area contributed by atoms with Gasteiger partial charge < -0.3 is 15.4 Å². The van der Waals surface area contributed by atoms with Crippen molar-refractivity contribution in [3.8, 4) is 0 Å². The third-order valence-electron chi connectivity index (χ3n) is 3.43. The SMILES string of the molecule is CCC1CN(c2ccc(C)c(N)c2)CCCO1. The van der Waals surface area contributed by atoms with Gasteiger partial charge >= 0.3 is 0 Å². The van der Waals surface area contributed by atoms with Crippen LogP contribution in [0.1, 0.15) is 25.3 Å². The molecular weight excluding hydrogens is 212 g/mol. The molecule has 0 bridgehead atoms. The highest BCUT2D eigenvalue weighted by atomic mass is 16.5. The molecule has 0 spiro atoms. The van der Waals surface area contributed by atoms with Gasteiger partial charge in [0.2, 0.25) is 0 Å². The van der Waals surface area contributed by atoms with Gasteiger partial charge in [0.25, 0.3) is 0 Å². The lowest BCUT2D eigenvalue weighted by Gasteiger charge is -2.25. The fraction of sp³-hybridized carbons (Fsp3) is 0.571. The van der Waals surface area contributed by atoms with E-state index in [1.54, 1.807) is 0 Å². The molecule has 1 aliphatic rings. The first kappa shape index (κ1) is 12.2. The predicted octanol–water partition coefficient (Wildman–Crippen LogP) is 2.58. The molecular formula is C14H22N2O. The highest BCUT2D eigenvalue weighted by Gasteiger charge is 2.17. The number of hydrogen-bond donors (Lipinski definition) is 1. The van der Waals surface area contributed by atoms with E-state index >= 15 is 0 Å². The van der Waals surface area contributed by atoms with Crippen molar-refractivity contribution in [3.63, 3.8) is 0 Å². The Morgan fingerprint density at radius 1 is 1.47 bits per heavy atom. The zero-order valence-corrected chi connectivity index (χ0v) is 10.8. The average molecular weight is 234 g/mol. The molecule has 1 saturated heterocycles. The Morgan fingerprint density at radius 2 is 2.29 bits per heavy atom. The third-order valence-corrected chi connectivity index (χ3v) is 3.43. The molecule has 1 unspecified atom stereocenters. The van der Waals surface area contributed by atoms with E-state index in [1.165, 1.54) is 5.69 Å². The lowest BCUT2D eigenvalue weighted by Crippen LogP contribution is -2.31. The maximum absolute atomic E-state index is 5.98. The largest absolute Gasteiger partial charge is 0.398 e. The van der Waals surface area contributed by atoms with Gasteiger partial charge in [-0.1, -0.05) is 13.0 Å². The van der Waals surface area contributed by atoms with Crippen molar-refractivity contribution in [3.05, 3.63) is 23.8 Å². The number of hydrogen-bond acceptors (Lipinski definition) is 3. The van der Waals surface area contributed by atoms with Crippen molar-refractivity contribution >= 4 is 11.4 Å². The van der Waals surface area contributed by atoms with E-state index in [0.29, 0.717) is 6.10 Å². The van der Waals surface area contributed by atoms with Crippen LogP contribution in [0.5, 0.6) is 0 Å². The minimum absolute atomic E-state index is 0.347. The summed E-state index contributed by atoms with van der Waals surface area (Å²) in [6.07, 6.45) is 2.50. The topological polar surface area (TPSA) is 38.5 Å². The maximum atomic E-state index is 5.98. The van der Waals surface area contributed by atoms with Gasteiger partial charge in [-0.25, -0.2) is 0 Å². The second-order valence-corrected chi connectivity index (χ2v) is 4.74. The van der Waals surface area contributed by atoms with Crippen LogP contribution in [-0.2, 0) is 4.74 Å². The van der Waals surface area contributed by atoms with E-state index in [0.717, 1.165) is 43.8 Å². The normalized spacial score (nSPS) is 21.3. The van der Waals surface area contributed by atoms with Crippen LogP contribution in [0, 0.1) is 6.92 Å². The second-order valence-electron chi connectivity index (χ2n) is 4.74. The lowest BCUT2D eigenvalue weighted by atomic mass is 10.1. The summed E-state index contributed by atoms with van der Waals surface area (Å²) < 4.78 is 5.78. The zero-order valence-electron chi connectivity index (χ0n) is 10.8. The van der Waals surface area contributed by atoms with E-state index in [1.807, 2.05) is 6.92 Å². The van der Waals surface area contributed by atoms with Gasteiger partial charge in [0.05, 0.1) is 6.10 Å². The van der Waals surface area contributed by atoms with Crippen LogP contribution < -0.4 is 10.6 Å². The van der Waals surface area contributed by atoms with Crippen LogP contribution in [0.4, 0.5) is 11.4 Å². The minimum Gasteiger partial charge on any atom is -0.398 e. The molecule has 2 rings (SSSR count). The van der Waals surface area contributed by atoms with Crippen LogP contribution in [-0.4, -0.2) is 25.8 Å². The van der Waals surface area contributed by atoms with Gasteiger partial charge in [-0.3, -0.25) is 0 Å². The first-order chi connectivity index (χ1) is 8.20. The summed E-state index contributed by atoms with van der Waals surface area (Å²) >= 11 is 0. The number of ether oxygens (including phenoxy) is 1. The smallest absolute Gasteiger partial charge is 0.0747 e. The summed E-state index contributed by atoms with van der Waals surface area (Å²) in [5.41, 5.74) is 9.22. The summed E-state index contributed by atoms with van der Waals surface area (Å²) in [6, 6.07) is 6.33. The van der Waals surface area contributed by atoms with Crippen molar-refractivity contribution in [2.45, 2.75) is 32.8 Å². The second kappa shape index (κ2) is 5.41. The molecule has 0 aromatic heterocycles. The first-order valence-electron chi connectivity index (χ1n) is 6.43. The molecule has 2 N–H and O–H groups in total. The number of aryl methyl sites for hydroxylation is 1. The van der Waals surface area contributed by atoms with Crippen molar-refractivity contribution in [2.24, 2.45) is 0 Å². The summed E-state index contributed by atoms with van der Waals surface area (Å²) in [5.74, 6) is 0. The first-order valence-corrected chi connectivity index (χ1v) is 6.43. The van der Waals surface area contributed by atoms with Gasteiger partial charge in [0.15, 0.2) is 0 Å². The van der Waals surface area contributed by atoms with Crippen molar-refractivity contribution in [2.75, 3.05) is 30.3 Å². The quantitative estimate of drug-likeness (QED) is 0.799. The Labute approximate surface area is 104 Å². The summed E-state index contributed by atoms with van der Waals surface area (Å²) in [7, 11) is 0. The molecule has 1 aromatic carbocycles. The number of benzene rings is 1. The molecule has 17 heavy (non-hydrogen) atoms. The molecule has 0 aliphatic carbocycles. The van der Waals surface area contributed by atoms with Gasteiger partial charge in [-0.15, -0.1) is 0 Å². The fourth-order valence-corrected chi connectivity index (χ4v) is 2.20. The number of anilines is 2. The van der Waals surface area contributed by atoms with Gasteiger partial charge in [-0.05, 0) is 37.5 Å². The Morgan fingerprint density at radius 3 is 3.00 bits per heavy atom. The van der Waals surface area contributed by atoms with Crippen LogP contribution in [0.15, 0.2) is 18.2 Å². The van der Waals surface area contributed by atoms with Crippen LogP contribution in [0.3, 0.4) is 0 Å². The van der Waals surface area contributed by atoms with E-state index in [-0.39, 0.29) is 0 Å². The van der Waals surface area contributed by atoms with E-state index in [2.05, 4.69) is 30.0 Å². The van der Waals surface area contributed by atoms with E-state index < -0.39 is 0 Å². The molecule has 3 nitrogen and oxygen atoms in total. The molecule has 1 aliphatic heterocycles. The number of nitrogen functional groups attached to an aromatic ring is 1. The van der Waals surface area contributed by atoms with Gasteiger partial charge in [0.1, 0.15) is 0 Å². The highest BCUT2D eigenvalue weighted by molar-refractivity contribution is 5.59. The molecule has 1 atom stereocenters. The van der Waals surface area contributed by atoms with Crippen LogP contribution in [0.2, 0.25) is 0 Å². The molecule has 0 amide bonds. The van der Waals surface area contributed by atoms with Crippen LogP contribution >= 0.6 is 0 Å². The molecule has 0 saturated carbocycles. The number of rotatable bonds is 2. The summed E-state index contributed by atoms with van der Waals surface area (Å²) in [5, 5.41) is 0. The zero-order chi connectivity index (χ0) is 12.3. The molecule has 1 fully saturated rings. The maximum Gasteiger partial charge on any atom is 0.0747 e. The van der Waals surface area contributed by atoms with E-state index in [4.69, 9.17) is 10.5 Å². The Balaban J connectivity index is 2.16. The molecule has 0 radical (unpaired) electrons. The Kier molecular flexibility index (Phi) is 3.89. The molecule has 1 heterocycles. The molecule has 94 valence electrons. The summed E-state index contributed by atoms with van der Waals surface area (Å²) in [4.78, 5) is 2.39. The van der Waals surface area contributed by atoms with Crippen molar-refractivity contribution in [1.29, 1.82) is 0 Å². The molecule has 1 aromatic rings. The number of nitrogens with two attached hydrogens (primary N) is 1. The van der Waals surface area contributed by atoms with Crippen LogP contribution in [0.25, 0.3) is 0 Å². The fourth-order valence-electron chi connectivity index (χ4n) is 2.20. The third kappa shape index (κ3) is 2.91. The van der Waals surface area contributed by atoms with E-state index in [9.17, 15) is 0 Å². The summed E-state index contributed by atoms with van der Waals surface area (Å²) in [6.45, 7) is 7.12. The Bertz CT molecular complexity index is 378. The number of nitrogens with zero attached hydrogens (tertiary/aromatic N) is 1. The monoisotopic (exact) mass is 234 g/mol. The highest BCUT2D eigenvalue weighted by Crippen LogP contribution is 2.23. The lowest BCUT2D eigenvalue weighted by molar-refractivity contribution is 0.0664. The average Bonchev–Trinajstić information content (AvgIpc) is 2.58.